The van der Waals surface area contributed by atoms with E-state index in [4.69, 9.17) is 16.3 Å². The predicted molar refractivity (Wildman–Crippen MR) is 67.4 cm³/mol. The number of halogens is 1. The van der Waals surface area contributed by atoms with E-state index in [2.05, 4.69) is 0 Å². The second-order valence-corrected chi connectivity index (χ2v) is 4.52. The molecule has 4 heteroatoms. The highest BCUT2D eigenvalue weighted by Gasteiger charge is 2.21. The fraction of sp³-hybridized carbons (Fsp3) is 0.462. The van der Waals surface area contributed by atoms with Crippen molar-refractivity contribution in [3.8, 4) is 0 Å². The van der Waals surface area contributed by atoms with Crippen molar-refractivity contribution in [1.82, 2.24) is 0 Å². The van der Waals surface area contributed by atoms with E-state index in [1.54, 1.807) is 13.2 Å². The van der Waals surface area contributed by atoms with Gasteiger partial charge in [0.1, 0.15) is 0 Å². The largest absolute Gasteiger partial charge is 0.481 e. The summed E-state index contributed by atoms with van der Waals surface area (Å²) >= 11 is 6.02. The van der Waals surface area contributed by atoms with Gasteiger partial charge < -0.3 is 9.84 Å². The van der Waals surface area contributed by atoms with Gasteiger partial charge in [0.05, 0.1) is 12.0 Å². The van der Waals surface area contributed by atoms with Crippen LogP contribution in [-0.4, -0.2) is 24.3 Å². The van der Waals surface area contributed by atoms with Crippen LogP contribution >= 0.6 is 11.6 Å². The van der Waals surface area contributed by atoms with Gasteiger partial charge in [0, 0.05) is 12.1 Å². The molecule has 0 bridgehead atoms. The first-order valence-electron chi connectivity index (χ1n) is 5.53. The maximum atomic E-state index is 11.2. The SMILES string of the molecule is COC(C)CC(Cc1ccccc1Cl)C(=O)O. The Balaban J connectivity index is 2.74. The highest BCUT2D eigenvalue weighted by molar-refractivity contribution is 6.31. The van der Waals surface area contributed by atoms with Gasteiger partial charge in [-0.2, -0.15) is 0 Å². The molecule has 0 saturated heterocycles. The molecule has 0 amide bonds. The zero-order valence-corrected chi connectivity index (χ0v) is 10.8. The lowest BCUT2D eigenvalue weighted by atomic mass is 9.94. The minimum absolute atomic E-state index is 0.0708. The zero-order chi connectivity index (χ0) is 12.8. The molecule has 1 N–H and O–H groups in total. The van der Waals surface area contributed by atoms with Gasteiger partial charge in [-0.1, -0.05) is 29.8 Å². The molecule has 0 saturated carbocycles. The summed E-state index contributed by atoms with van der Waals surface area (Å²) in [5.74, 6) is -1.28. The molecule has 0 radical (unpaired) electrons. The molecule has 1 aromatic rings. The Morgan fingerprint density at radius 2 is 2.12 bits per heavy atom. The van der Waals surface area contributed by atoms with Gasteiger partial charge in [0.15, 0.2) is 0 Å². The molecule has 0 fully saturated rings. The van der Waals surface area contributed by atoms with Crippen molar-refractivity contribution in [2.24, 2.45) is 5.92 Å². The van der Waals surface area contributed by atoms with Crippen LogP contribution in [0.2, 0.25) is 5.02 Å². The predicted octanol–water partition coefficient (Wildman–Crippen LogP) is 3.01. The van der Waals surface area contributed by atoms with Crippen LogP contribution in [0.4, 0.5) is 0 Å². The summed E-state index contributed by atoms with van der Waals surface area (Å²) in [6.07, 6.45) is 0.846. The second kappa shape index (κ2) is 6.62. The molecular weight excluding hydrogens is 240 g/mol. The first-order chi connectivity index (χ1) is 8.04. The van der Waals surface area contributed by atoms with Crippen LogP contribution in [0.3, 0.4) is 0 Å². The van der Waals surface area contributed by atoms with E-state index < -0.39 is 11.9 Å². The van der Waals surface area contributed by atoms with Gasteiger partial charge in [-0.25, -0.2) is 0 Å². The highest BCUT2D eigenvalue weighted by atomic mass is 35.5. The van der Waals surface area contributed by atoms with Crippen molar-refractivity contribution < 1.29 is 14.6 Å². The third kappa shape index (κ3) is 4.36. The maximum absolute atomic E-state index is 11.2. The molecule has 0 spiro atoms. The summed E-state index contributed by atoms with van der Waals surface area (Å²) in [6, 6.07) is 7.32. The van der Waals surface area contributed by atoms with Crippen LogP contribution in [0.15, 0.2) is 24.3 Å². The van der Waals surface area contributed by atoms with Crippen molar-refractivity contribution in [2.75, 3.05) is 7.11 Å². The number of ether oxygens (including phenoxy) is 1. The van der Waals surface area contributed by atoms with E-state index in [0.717, 1.165) is 5.56 Å². The van der Waals surface area contributed by atoms with Gasteiger partial charge in [0.25, 0.3) is 0 Å². The van der Waals surface area contributed by atoms with Crippen molar-refractivity contribution in [3.05, 3.63) is 34.9 Å². The standard InChI is InChI=1S/C13H17ClO3/c1-9(17-2)7-11(13(15)16)8-10-5-3-4-6-12(10)14/h3-6,9,11H,7-8H2,1-2H3,(H,15,16). The summed E-state index contributed by atoms with van der Waals surface area (Å²) < 4.78 is 5.10. The summed E-state index contributed by atoms with van der Waals surface area (Å²) in [5.41, 5.74) is 0.866. The smallest absolute Gasteiger partial charge is 0.306 e. The third-order valence-electron chi connectivity index (χ3n) is 2.79. The fourth-order valence-electron chi connectivity index (χ4n) is 1.70. The monoisotopic (exact) mass is 256 g/mol. The van der Waals surface area contributed by atoms with E-state index in [0.29, 0.717) is 17.9 Å². The highest BCUT2D eigenvalue weighted by Crippen LogP contribution is 2.22. The minimum atomic E-state index is -0.811. The number of benzene rings is 1. The number of aliphatic carboxylic acids is 1. The number of carboxylic acid groups (broad SMARTS) is 1. The van der Waals surface area contributed by atoms with Crippen LogP contribution in [0.1, 0.15) is 18.9 Å². The summed E-state index contributed by atoms with van der Waals surface area (Å²) in [6.45, 7) is 1.86. The Hall–Kier alpha value is -1.06. The average Bonchev–Trinajstić information content (AvgIpc) is 2.30. The lowest BCUT2D eigenvalue weighted by Crippen LogP contribution is -2.22. The molecule has 2 unspecified atom stereocenters. The van der Waals surface area contributed by atoms with Crippen molar-refractivity contribution in [2.45, 2.75) is 25.9 Å². The molecule has 0 aliphatic carbocycles. The lowest BCUT2D eigenvalue weighted by Gasteiger charge is -2.17. The van der Waals surface area contributed by atoms with Gasteiger partial charge in [-0.15, -0.1) is 0 Å². The molecule has 1 aromatic carbocycles. The Labute approximate surface area is 106 Å². The topological polar surface area (TPSA) is 46.5 Å². The Kier molecular flexibility index (Phi) is 5.45. The summed E-state index contributed by atoms with van der Waals surface area (Å²) in [7, 11) is 1.58. The fourth-order valence-corrected chi connectivity index (χ4v) is 1.91. The molecular formula is C13H17ClO3. The number of carbonyl (C=O) groups is 1. The number of hydrogen-bond acceptors (Lipinski definition) is 2. The van der Waals surface area contributed by atoms with Crippen LogP contribution in [0.25, 0.3) is 0 Å². The first-order valence-corrected chi connectivity index (χ1v) is 5.91. The maximum Gasteiger partial charge on any atom is 0.306 e. The molecule has 17 heavy (non-hydrogen) atoms. The van der Waals surface area contributed by atoms with Crippen molar-refractivity contribution in [3.63, 3.8) is 0 Å². The van der Waals surface area contributed by atoms with Crippen LogP contribution in [-0.2, 0) is 16.0 Å². The first kappa shape index (κ1) is 14.0. The molecule has 2 atom stereocenters. The van der Waals surface area contributed by atoms with Gasteiger partial charge in [-0.3, -0.25) is 4.79 Å². The minimum Gasteiger partial charge on any atom is -0.481 e. The summed E-state index contributed by atoms with van der Waals surface area (Å²) in [4.78, 5) is 11.2. The van der Waals surface area contributed by atoms with E-state index in [-0.39, 0.29) is 6.10 Å². The Morgan fingerprint density at radius 3 is 2.65 bits per heavy atom. The van der Waals surface area contributed by atoms with E-state index in [1.165, 1.54) is 0 Å². The van der Waals surface area contributed by atoms with Crippen LogP contribution in [0, 0.1) is 5.92 Å². The van der Waals surface area contributed by atoms with Crippen LogP contribution < -0.4 is 0 Å². The van der Waals surface area contributed by atoms with Gasteiger partial charge in [-0.05, 0) is 31.4 Å². The number of carboxylic acids is 1. The molecule has 0 heterocycles. The number of hydrogen-bond donors (Lipinski definition) is 1. The third-order valence-corrected chi connectivity index (χ3v) is 3.16. The lowest BCUT2D eigenvalue weighted by molar-refractivity contribution is -0.142. The number of methoxy groups -OCH3 is 1. The van der Waals surface area contributed by atoms with Gasteiger partial charge >= 0.3 is 5.97 Å². The molecule has 94 valence electrons. The van der Waals surface area contributed by atoms with Crippen LogP contribution in [0.5, 0.6) is 0 Å². The molecule has 0 aromatic heterocycles. The second-order valence-electron chi connectivity index (χ2n) is 4.11. The molecule has 0 aliphatic rings. The number of rotatable bonds is 6. The quantitative estimate of drug-likeness (QED) is 0.851. The molecule has 3 nitrogen and oxygen atoms in total. The van der Waals surface area contributed by atoms with E-state index >= 15 is 0 Å². The molecule has 0 aliphatic heterocycles. The Morgan fingerprint density at radius 1 is 1.47 bits per heavy atom. The normalized spacial score (nSPS) is 14.3. The zero-order valence-electron chi connectivity index (χ0n) is 10.0. The Bertz CT molecular complexity index is 379. The van der Waals surface area contributed by atoms with Crippen molar-refractivity contribution >= 4 is 17.6 Å². The summed E-state index contributed by atoms with van der Waals surface area (Å²) in [5, 5.41) is 9.79. The average molecular weight is 257 g/mol. The molecule has 1 rings (SSSR count). The van der Waals surface area contributed by atoms with E-state index in [1.807, 2.05) is 25.1 Å². The van der Waals surface area contributed by atoms with Gasteiger partial charge in [0.2, 0.25) is 0 Å². The van der Waals surface area contributed by atoms with Crippen molar-refractivity contribution in [1.29, 1.82) is 0 Å². The van der Waals surface area contributed by atoms with E-state index in [9.17, 15) is 9.90 Å².